The fourth-order valence-electron chi connectivity index (χ4n) is 0.762. The van der Waals surface area contributed by atoms with Gasteiger partial charge in [0, 0.05) is 12.2 Å². The van der Waals surface area contributed by atoms with Crippen molar-refractivity contribution in [2.24, 2.45) is 5.73 Å². The molecule has 0 radical (unpaired) electrons. The molecule has 6 nitrogen and oxygen atoms in total. The molecule has 62 valence electrons. The summed E-state index contributed by atoms with van der Waals surface area (Å²) in [7, 11) is 0. The summed E-state index contributed by atoms with van der Waals surface area (Å²) in [6.07, 6.45) is 1.67. The number of aliphatic hydroxyl groups is 1. The molecule has 2 unspecified atom stereocenters. The van der Waals surface area contributed by atoms with Crippen molar-refractivity contribution in [1.29, 1.82) is 0 Å². The summed E-state index contributed by atoms with van der Waals surface area (Å²) in [5.74, 6) is -0.123. The average Bonchev–Trinajstić information content (AvgIpc) is 1.85. The van der Waals surface area contributed by atoms with Gasteiger partial charge in [0.05, 0.1) is 0 Å². The third-order valence-electron chi connectivity index (χ3n) is 1.31. The third-order valence-corrected chi connectivity index (χ3v) is 1.31. The molecule has 0 aromatic carbocycles. The highest BCUT2D eigenvalue weighted by atomic mass is 16.8. The van der Waals surface area contributed by atoms with Gasteiger partial charge >= 0.3 is 0 Å². The lowest BCUT2D eigenvalue weighted by molar-refractivity contribution is -1.02. The maximum Gasteiger partial charge on any atom is 0.185 e. The standard InChI is InChI=1S/C5H9N3O3/c6-5-3(8(10)11)1-2-4(9)7-5/h1-2,5,7-10H,6H2. The van der Waals surface area contributed by atoms with Crippen LogP contribution in [0.1, 0.15) is 0 Å². The molecule has 1 aliphatic rings. The second-order valence-electron chi connectivity index (χ2n) is 2.10. The van der Waals surface area contributed by atoms with Gasteiger partial charge in [-0.2, -0.15) is 5.23 Å². The normalized spacial score (nSPS) is 26.6. The van der Waals surface area contributed by atoms with Crippen LogP contribution in [-0.4, -0.2) is 16.5 Å². The lowest BCUT2D eigenvalue weighted by Gasteiger charge is -2.23. The molecule has 0 aromatic heterocycles. The number of hydrogen-bond donors (Lipinski definition) is 5. The molecule has 11 heavy (non-hydrogen) atoms. The van der Waals surface area contributed by atoms with Crippen molar-refractivity contribution in [2.75, 3.05) is 0 Å². The second kappa shape index (κ2) is 2.89. The van der Waals surface area contributed by atoms with E-state index in [4.69, 9.17) is 16.0 Å². The molecular formula is C5H9N3O3. The van der Waals surface area contributed by atoms with Crippen molar-refractivity contribution in [1.82, 2.24) is 5.32 Å². The van der Waals surface area contributed by atoms with E-state index in [1.165, 1.54) is 12.2 Å². The first kappa shape index (κ1) is 8.02. The summed E-state index contributed by atoms with van der Waals surface area (Å²) in [4.78, 5) is 0. The molecule has 1 aliphatic heterocycles. The van der Waals surface area contributed by atoms with Gasteiger partial charge in [0.1, 0.15) is 0 Å². The minimum Gasteiger partial charge on any atom is -0.595 e. The van der Waals surface area contributed by atoms with Crippen molar-refractivity contribution in [3.05, 3.63) is 28.9 Å². The molecule has 0 amide bonds. The van der Waals surface area contributed by atoms with Gasteiger partial charge in [-0.05, 0) is 0 Å². The van der Waals surface area contributed by atoms with E-state index < -0.39 is 11.4 Å². The zero-order chi connectivity index (χ0) is 8.43. The number of rotatable bonds is 1. The average molecular weight is 159 g/mol. The van der Waals surface area contributed by atoms with Gasteiger partial charge in [-0.25, -0.2) is 5.21 Å². The summed E-state index contributed by atoms with van der Waals surface area (Å²) in [5, 5.41) is 28.9. The number of nitrogens with one attached hydrogen (secondary N) is 2. The number of hydroxylamine groups is 2. The monoisotopic (exact) mass is 159 g/mol. The zero-order valence-electron chi connectivity index (χ0n) is 5.61. The van der Waals surface area contributed by atoms with E-state index in [0.29, 0.717) is 0 Å². The summed E-state index contributed by atoms with van der Waals surface area (Å²) in [5.41, 5.74) is 5.34. The van der Waals surface area contributed by atoms with Crippen LogP contribution in [0, 0.1) is 5.21 Å². The fraction of sp³-hybridized carbons (Fsp3) is 0.200. The second-order valence-corrected chi connectivity index (χ2v) is 2.10. The Morgan fingerprint density at radius 3 is 2.73 bits per heavy atom. The van der Waals surface area contributed by atoms with Crippen LogP contribution in [0.15, 0.2) is 23.7 Å². The van der Waals surface area contributed by atoms with Gasteiger partial charge in [-0.1, -0.05) is 0 Å². The highest BCUT2D eigenvalue weighted by Crippen LogP contribution is 1.98. The largest absolute Gasteiger partial charge is 0.595 e. The number of aliphatic hydroxyl groups excluding tert-OH is 1. The maximum absolute atomic E-state index is 10.4. The number of quaternary nitrogens is 1. The molecular weight excluding hydrogens is 150 g/mol. The molecule has 6 N–H and O–H groups in total. The van der Waals surface area contributed by atoms with Crippen molar-refractivity contribution >= 4 is 0 Å². The molecule has 0 saturated heterocycles. The van der Waals surface area contributed by atoms with E-state index in [-0.39, 0.29) is 11.6 Å². The number of allylic oxidation sites excluding steroid dienone is 2. The van der Waals surface area contributed by atoms with Gasteiger partial charge in [-0.3, -0.25) is 0 Å². The predicted octanol–water partition coefficient (Wildman–Crippen LogP) is -2.07. The van der Waals surface area contributed by atoms with Crippen LogP contribution in [-0.2, 0) is 0 Å². The molecule has 0 fully saturated rings. The fourth-order valence-corrected chi connectivity index (χ4v) is 0.762. The Morgan fingerprint density at radius 2 is 2.27 bits per heavy atom. The van der Waals surface area contributed by atoms with Gasteiger partial charge in [0.15, 0.2) is 17.7 Å². The molecule has 6 heteroatoms. The first-order chi connectivity index (χ1) is 5.11. The lowest BCUT2D eigenvalue weighted by atomic mass is 10.2. The topological polar surface area (TPSA) is 106 Å². The van der Waals surface area contributed by atoms with Crippen molar-refractivity contribution in [3.63, 3.8) is 0 Å². The van der Waals surface area contributed by atoms with Crippen LogP contribution >= 0.6 is 0 Å². The van der Waals surface area contributed by atoms with Gasteiger partial charge in [-0.15, -0.1) is 0 Å². The highest BCUT2D eigenvalue weighted by Gasteiger charge is 2.18. The smallest absolute Gasteiger partial charge is 0.185 e. The van der Waals surface area contributed by atoms with Crippen LogP contribution in [0.25, 0.3) is 0 Å². The number of hydrogen-bond acceptors (Lipinski definition) is 5. The van der Waals surface area contributed by atoms with E-state index in [1.807, 2.05) is 0 Å². The van der Waals surface area contributed by atoms with Crippen molar-refractivity contribution in [3.8, 4) is 0 Å². The van der Waals surface area contributed by atoms with Crippen LogP contribution < -0.4 is 16.3 Å². The molecule has 0 aromatic rings. The number of dihydropyridines is 1. The summed E-state index contributed by atoms with van der Waals surface area (Å²) in [6, 6.07) is 0. The summed E-state index contributed by atoms with van der Waals surface area (Å²) < 4.78 is 0. The zero-order valence-corrected chi connectivity index (χ0v) is 5.61. The van der Waals surface area contributed by atoms with Gasteiger partial charge < -0.3 is 21.4 Å². The molecule has 1 heterocycles. The Balaban J connectivity index is 2.78. The van der Waals surface area contributed by atoms with Crippen LogP contribution in [0.4, 0.5) is 0 Å². The third kappa shape index (κ3) is 1.69. The Bertz CT molecular complexity index is 211. The maximum atomic E-state index is 10.4. The van der Waals surface area contributed by atoms with Crippen LogP contribution in [0.3, 0.4) is 0 Å². The summed E-state index contributed by atoms with van der Waals surface area (Å²) in [6.45, 7) is 0. The molecule has 0 aliphatic carbocycles. The van der Waals surface area contributed by atoms with Crippen LogP contribution in [0.2, 0.25) is 0 Å². The molecule has 0 bridgehead atoms. The van der Waals surface area contributed by atoms with Crippen molar-refractivity contribution < 1.29 is 15.5 Å². The van der Waals surface area contributed by atoms with Crippen LogP contribution in [0.5, 0.6) is 0 Å². The van der Waals surface area contributed by atoms with Gasteiger partial charge in [0.25, 0.3) is 0 Å². The van der Waals surface area contributed by atoms with E-state index in [9.17, 15) is 5.21 Å². The Hall–Kier alpha value is -1.08. The summed E-state index contributed by atoms with van der Waals surface area (Å²) >= 11 is 0. The number of nitrogens with two attached hydrogens (primary N) is 1. The van der Waals surface area contributed by atoms with Gasteiger partial charge in [0.2, 0.25) is 0 Å². The van der Waals surface area contributed by atoms with E-state index in [1.54, 1.807) is 0 Å². The van der Waals surface area contributed by atoms with E-state index in [2.05, 4.69) is 5.32 Å². The lowest BCUT2D eigenvalue weighted by Crippen LogP contribution is -3.04. The predicted molar refractivity (Wildman–Crippen MR) is 36.0 cm³/mol. The molecule has 0 spiro atoms. The minimum absolute atomic E-state index is 0.0304. The Morgan fingerprint density at radius 1 is 1.64 bits per heavy atom. The SMILES string of the molecule is NC1NC(O)=CC=C1[NH+]([O-])O. The molecule has 0 saturated carbocycles. The molecule has 1 rings (SSSR count). The van der Waals surface area contributed by atoms with E-state index >= 15 is 0 Å². The van der Waals surface area contributed by atoms with Crippen molar-refractivity contribution in [2.45, 2.75) is 6.17 Å². The quantitative estimate of drug-likeness (QED) is 0.283. The first-order valence-corrected chi connectivity index (χ1v) is 2.97. The Kier molecular flexibility index (Phi) is 2.11. The molecule has 2 atom stereocenters. The van der Waals surface area contributed by atoms with E-state index in [0.717, 1.165) is 0 Å². The highest BCUT2D eigenvalue weighted by molar-refractivity contribution is 5.18. The Labute approximate surface area is 62.8 Å². The first-order valence-electron chi connectivity index (χ1n) is 2.97. The minimum atomic E-state index is -1.09.